The van der Waals surface area contributed by atoms with Gasteiger partial charge in [0.1, 0.15) is 17.5 Å². The average molecular weight is 384 g/mol. The molecule has 0 radical (unpaired) electrons. The van der Waals surface area contributed by atoms with Gasteiger partial charge in [-0.15, -0.1) is 11.3 Å². The van der Waals surface area contributed by atoms with Crippen molar-refractivity contribution >= 4 is 33.1 Å². The van der Waals surface area contributed by atoms with Crippen LogP contribution < -0.4 is 5.73 Å². The molecule has 3 rings (SSSR count). The van der Waals surface area contributed by atoms with Gasteiger partial charge in [-0.1, -0.05) is 12.1 Å². The van der Waals surface area contributed by atoms with E-state index < -0.39 is 0 Å². The van der Waals surface area contributed by atoms with Crippen LogP contribution in [0.2, 0.25) is 0 Å². The fourth-order valence-electron chi connectivity index (χ4n) is 2.38. The van der Waals surface area contributed by atoms with Crippen LogP contribution in [0.3, 0.4) is 0 Å². The molecule has 0 saturated carbocycles. The van der Waals surface area contributed by atoms with E-state index in [1.807, 2.05) is 23.6 Å². The molecular weight excluding hydrogens is 370 g/mol. The zero-order valence-electron chi connectivity index (χ0n) is 12.7. The molecule has 0 aliphatic rings. The van der Waals surface area contributed by atoms with Gasteiger partial charge in [-0.3, -0.25) is 0 Å². The number of anilines is 1. The molecule has 0 saturated heterocycles. The Morgan fingerprint density at radius 2 is 1.96 bits per heavy atom. The Morgan fingerprint density at radius 1 is 1.17 bits per heavy atom. The van der Waals surface area contributed by atoms with Crippen molar-refractivity contribution in [2.24, 2.45) is 0 Å². The Balaban J connectivity index is 2.22. The lowest BCUT2D eigenvalue weighted by Gasteiger charge is -2.10. The first kappa shape index (κ1) is 15.7. The van der Waals surface area contributed by atoms with Crippen LogP contribution in [0, 0.1) is 25.2 Å². The van der Waals surface area contributed by atoms with Gasteiger partial charge in [-0.2, -0.15) is 5.26 Å². The van der Waals surface area contributed by atoms with E-state index in [9.17, 15) is 5.26 Å². The standard InChI is InChI=1S/C18H14BrN3S/c1-10-3-4-12(5-11(10)2)16-7-14(15(8-20)18(21)22-16)17-6-13(19)9-23-17/h3-7,9H,1-2H3,(H2,21,22). The first-order chi connectivity index (χ1) is 11.0. The zero-order valence-corrected chi connectivity index (χ0v) is 15.1. The first-order valence-corrected chi connectivity index (χ1v) is 8.69. The van der Waals surface area contributed by atoms with E-state index in [1.54, 1.807) is 11.3 Å². The zero-order chi connectivity index (χ0) is 16.6. The normalized spacial score (nSPS) is 10.5. The number of nitrogens with two attached hydrogens (primary N) is 1. The number of hydrogen-bond donors (Lipinski definition) is 1. The van der Waals surface area contributed by atoms with E-state index in [-0.39, 0.29) is 5.82 Å². The van der Waals surface area contributed by atoms with Crippen molar-refractivity contribution in [1.29, 1.82) is 5.26 Å². The van der Waals surface area contributed by atoms with Crippen LogP contribution >= 0.6 is 27.3 Å². The maximum Gasteiger partial charge on any atom is 0.142 e. The smallest absolute Gasteiger partial charge is 0.142 e. The van der Waals surface area contributed by atoms with Crippen molar-refractivity contribution in [2.45, 2.75) is 13.8 Å². The second-order valence-electron chi connectivity index (χ2n) is 5.36. The van der Waals surface area contributed by atoms with Crippen LogP contribution in [0.4, 0.5) is 5.82 Å². The molecular formula is C18H14BrN3S. The average Bonchev–Trinajstić information content (AvgIpc) is 2.95. The number of benzene rings is 1. The van der Waals surface area contributed by atoms with Gasteiger partial charge >= 0.3 is 0 Å². The molecule has 0 unspecified atom stereocenters. The van der Waals surface area contributed by atoms with Crippen LogP contribution in [-0.2, 0) is 0 Å². The van der Waals surface area contributed by atoms with E-state index in [4.69, 9.17) is 5.73 Å². The number of pyridine rings is 1. The van der Waals surface area contributed by atoms with E-state index in [0.717, 1.165) is 26.2 Å². The molecule has 0 atom stereocenters. The summed E-state index contributed by atoms with van der Waals surface area (Å²) in [6, 6.07) is 12.3. The lowest BCUT2D eigenvalue weighted by atomic mass is 10.0. The van der Waals surface area contributed by atoms with E-state index >= 15 is 0 Å². The Morgan fingerprint density at radius 3 is 2.57 bits per heavy atom. The van der Waals surface area contributed by atoms with Gasteiger partial charge in [0, 0.05) is 25.9 Å². The lowest BCUT2D eigenvalue weighted by molar-refractivity contribution is 1.29. The van der Waals surface area contributed by atoms with Gasteiger partial charge in [0.25, 0.3) is 0 Å². The molecule has 0 spiro atoms. The maximum absolute atomic E-state index is 9.43. The fraction of sp³-hybridized carbons (Fsp3) is 0.111. The van der Waals surface area contributed by atoms with Crippen LogP contribution in [0.15, 0.2) is 40.2 Å². The summed E-state index contributed by atoms with van der Waals surface area (Å²) in [6.45, 7) is 4.15. The van der Waals surface area contributed by atoms with Crippen molar-refractivity contribution in [2.75, 3.05) is 5.73 Å². The summed E-state index contributed by atoms with van der Waals surface area (Å²) < 4.78 is 0.990. The summed E-state index contributed by atoms with van der Waals surface area (Å²) >= 11 is 5.03. The minimum absolute atomic E-state index is 0.266. The summed E-state index contributed by atoms with van der Waals surface area (Å²) in [5.74, 6) is 0.266. The molecule has 0 amide bonds. The van der Waals surface area contributed by atoms with Gasteiger partial charge in [-0.05, 0) is 59.1 Å². The second-order valence-corrected chi connectivity index (χ2v) is 7.18. The molecule has 5 heteroatoms. The van der Waals surface area contributed by atoms with Crippen molar-refractivity contribution in [1.82, 2.24) is 4.98 Å². The van der Waals surface area contributed by atoms with Crippen LogP contribution in [0.5, 0.6) is 0 Å². The van der Waals surface area contributed by atoms with Crippen molar-refractivity contribution < 1.29 is 0 Å². The van der Waals surface area contributed by atoms with E-state index in [1.165, 1.54) is 11.1 Å². The molecule has 1 aromatic carbocycles. The highest BCUT2D eigenvalue weighted by Crippen LogP contribution is 2.36. The van der Waals surface area contributed by atoms with Gasteiger partial charge in [-0.25, -0.2) is 4.98 Å². The summed E-state index contributed by atoms with van der Waals surface area (Å²) in [5, 5.41) is 11.4. The summed E-state index contributed by atoms with van der Waals surface area (Å²) in [5.41, 5.74) is 11.5. The topological polar surface area (TPSA) is 62.7 Å². The van der Waals surface area contributed by atoms with Crippen LogP contribution in [0.25, 0.3) is 21.7 Å². The highest BCUT2D eigenvalue weighted by Gasteiger charge is 2.15. The predicted molar refractivity (Wildman–Crippen MR) is 99.3 cm³/mol. The van der Waals surface area contributed by atoms with E-state index in [2.05, 4.69) is 53.0 Å². The molecule has 2 heterocycles. The number of nitrogens with zero attached hydrogens (tertiary/aromatic N) is 2. The molecule has 23 heavy (non-hydrogen) atoms. The minimum atomic E-state index is 0.266. The number of aromatic nitrogens is 1. The summed E-state index contributed by atoms with van der Waals surface area (Å²) in [4.78, 5) is 5.42. The number of rotatable bonds is 2. The highest BCUT2D eigenvalue weighted by atomic mass is 79.9. The molecule has 2 N–H and O–H groups in total. The number of nitriles is 1. The highest BCUT2D eigenvalue weighted by molar-refractivity contribution is 9.10. The van der Waals surface area contributed by atoms with E-state index in [0.29, 0.717) is 5.56 Å². The van der Waals surface area contributed by atoms with Crippen molar-refractivity contribution in [3.8, 4) is 27.8 Å². The van der Waals surface area contributed by atoms with Crippen molar-refractivity contribution in [3.05, 3.63) is 56.9 Å². The number of hydrogen-bond acceptors (Lipinski definition) is 4. The SMILES string of the molecule is Cc1ccc(-c2cc(-c3cc(Br)cs3)c(C#N)c(N)n2)cc1C. The summed E-state index contributed by atoms with van der Waals surface area (Å²) in [7, 11) is 0. The first-order valence-electron chi connectivity index (χ1n) is 7.02. The van der Waals surface area contributed by atoms with Crippen LogP contribution in [-0.4, -0.2) is 4.98 Å². The van der Waals surface area contributed by atoms with Gasteiger partial charge in [0.15, 0.2) is 0 Å². The Labute approximate surface area is 147 Å². The Bertz CT molecular complexity index is 938. The minimum Gasteiger partial charge on any atom is -0.383 e. The second kappa shape index (κ2) is 6.15. The number of thiophene rings is 1. The van der Waals surface area contributed by atoms with Crippen molar-refractivity contribution in [3.63, 3.8) is 0 Å². The molecule has 3 aromatic rings. The third-order valence-corrected chi connectivity index (χ3v) is 5.52. The summed E-state index contributed by atoms with van der Waals surface area (Å²) in [6.07, 6.45) is 0. The number of aryl methyl sites for hydroxylation is 2. The maximum atomic E-state index is 9.43. The van der Waals surface area contributed by atoms with Crippen LogP contribution in [0.1, 0.15) is 16.7 Å². The Hall–Kier alpha value is -2.16. The molecule has 0 bridgehead atoms. The lowest BCUT2D eigenvalue weighted by Crippen LogP contribution is -1.99. The molecule has 0 fully saturated rings. The monoisotopic (exact) mass is 383 g/mol. The largest absolute Gasteiger partial charge is 0.383 e. The Kier molecular flexibility index (Phi) is 4.20. The predicted octanol–water partition coefficient (Wildman–Crippen LogP) is 5.31. The number of halogens is 1. The van der Waals surface area contributed by atoms with Gasteiger partial charge < -0.3 is 5.73 Å². The fourth-order valence-corrected chi connectivity index (χ4v) is 3.83. The molecule has 0 aliphatic carbocycles. The number of nitrogen functional groups attached to an aromatic ring is 1. The third kappa shape index (κ3) is 3.00. The molecule has 2 aromatic heterocycles. The van der Waals surface area contributed by atoms with Gasteiger partial charge in [0.2, 0.25) is 0 Å². The third-order valence-electron chi connectivity index (χ3n) is 3.79. The molecule has 0 aliphatic heterocycles. The van der Waals surface area contributed by atoms with Gasteiger partial charge in [0.05, 0.1) is 5.69 Å². The molecule has 3 nitrogen and oxygen atoms in total. The quantitative estimate of drug-likeness (QED) is 0.651. The molecule has 114 valence electrons.